The summed E-state index contributed by atoms with van der Waals surface area (Å²) in [7, 11) is 0. The largest absolute Gasteiger partial charge is 0.397 e. The van der Waals surface area contributed by atoms with Crippen LogP contribution in [0.25, 0.3) is 0 Å². The van der Waals surface area contributed by atoms with Gasteiger partial charge < -0.3 is 10.6 Å². The molecule has 0 bridgehead atoms. The van der Waals surface area contributed by atoms with E-state index in [9.17, 15) is 0 Å². The van der Waals surface area contributed by atoms with E-state index >= 15 is 0 Å². The fourth-order valence-electron chi connectivity index (χ4n) is 2.58. The molecule has 1 aromatic heterocycles. The number of rotatable bonds is 1. The van der Waals surface area contributed by atoms with Gasteiger partial charge in [0.25, 0.3) is 0 Å². The third-order valence-electron chi connectivity index (χ3n) is 3.30. The van der Waals surface area contributed by atoms with Crippen molar-refractivity contribution in [2.45, 2.75) is 27.2 Å². The number of nitrogen functional groups attached to an aromatic ring is 1. The van der Waals surface area contributed by atoms with Crippen LogP contribution in [-0.2, 0) is 0 Å². The Morgan fingerprint density at radius 1 is 1.25 bits per heavy atom. The molecule has 1 aliphatic rings. The summed E-state index contributed by atoms with van der Waals surface area (Å²) in [6.45, 7) is 8.82. The summed E-state index contributed by atoms with van der Waals surface area (Å²) in [4.78, 5) is 6.95. The van der Waals surface area contributed by atoms with Crippen molar-refractivity contribution in [2.75, 3.05) is 23.7 Å². The summed E-state index contributed by atoms with van der Waals surface area (Å²) in [5, 5.41) is 0. The number of anilines is 2. The highest BCUT2D eigenvalue weighted by Gasteiger charge is 2.22. The van der Waals surface area contributed by atoms with Crippen molar-refractivity contribution >= 4 is 11.5 Å². The molecule has 1 saturated heterocycles. The first-order valence-corrected chi connectivity index (χ1v) is 6.04. The third-order valence-corrected chi connectivity index (χ3v) is 3.30. The van der Waals surface area contributed by atoms with Crippen molar-refractivity contribution in [3.63, 3.8) is 0 Å². The molecule has 0 aliphatic carbocycles. The zero-order valence-electron chi connectivity index (χ0n) is 10.4. The third kappa shape index (κ3) is 2.29. The van der Waals surface area contributed by atoms with Crippen molar-refractivity contribution in [2.24, 2.45) is 11.8 Å². The summed E-state index contributed by atoms with van der Waals surface area (Å²) in [6.07, 6.45) is 1.32. The molecule has 1 fully saturated rings. The molecule has 2 heterocycles. The lowest BCUT2D eigenvalue weighted by Gasteiger charge is -2.36. The molecule has 2 rings (SSSR count). The Labute approximate surface area is 97.7 Å². The summed E-state index contributed by atoms with van der Waals surface area (Å²) in [5.74, 6) is 2.58. The van der Waals surface area contributed by atoms with Gasteiger partial charge in [0.05, 0.1) is 11.4 Å². The quantitative estimate of drug-likeness (QED) is 0.789. The summed E-state index contributed by atoms with van der Waals surface area (Å²) in [6, 6.07) is 3.99. The lowest BCUT2D eigenvalue weighted by atomic mass is 9.92. The van der Waals surface area contributed by atoms with E-state index in [4.69, 9.17) is 5.73 Å². The van der Waals surface area contributed by atoms with Crippen LogP contribution in [0.2, 0.25) is 0 Å². The van der Waals surface area contributed by atoms with Crippen LogP contribution in [0, 0.1) is 18.8 Å². The van der Waals surface area contributed by atoms with Crippen molar-refractivity contribution in [3.8, 4) is 0 Å². The van der Waals surface area contributed by atoms with Gasteiger partial charge in [-0.25, -0.2) is 4.98 Å². The molecule has 0 spiro atoms. The zero-order valence-corrected chi connectivity index (χ0v) is 10.4. The Morgan fingerprint density at radius 2 is 1.88 bits per heavy atom. The Bertz CT molecular complexity index is 365. The molecule has 0 aromatic carbocycles. The highest BCUT2D eigenvalue weighted by Crippen LogP contribution is 2.25. The summed E-state index contributed by atoms with van der Waals surface area (Å²) in [5.41, 5.74) is 7.51. The second-order valence-corrected chi connectivity index (χ2v) is 5.20. The molecule has 0 saturated carbocycles. The second kappa shape index (κ2) is 4.32. The van der Waals surface area contributed by atoms with E-state index in [2.05, 4.69) is 23.7 Å². The molecule has 2 atom stereocenters. The Balaban J connectivity index is 2.19. The van der Waals surface area contributed by atoms with E-state index in [0.717, 1.165) is 42.1 Å². The first kappa shape index (κ1) is 11.2. The number of pyridine rings is 1. The Kier molecular flexibility index (Phi) is 3.03. The van der Waals surface area contributed by atoms with Gasteiger partial charge in [-0.3, -0.25) is 0 Å². The van der Waals surface area contributed by atoms with Crippen molar-refractivity contribution in [1.29, 1.82) is 0 Å². The summed E-state index contributed by atoms with van der Waals surface area (Å²) >= 11 is 0. The van der Waals surface area contributed by atoms with Crippen molar-refractivity contribution in [3.05, 3.63) is 17.8 Å². The Morgan fingerprint density at radius 3 is 2.44 bits per heavy atom. The van der Waals surface area contributed by atoms with Gasteiger partial charge in [-0.1, -0.05) is 13.8 Å². The molecular formula is C13H21N3. The molecule has 2 N–H and O–H groups in total. The number of nitrogens with two attached hydrogens (primary N) is 1. The maximum absolute atomic E-state index is 5.79. The average Bonchev–Trinajstić information content (AvgIpc) is 2.20. The lowest BCUT2D eigenvalue weighted by molar-refractivity contribution is 0.355. The van der Waals surface area contributed by atoms with Crippen LogP contribution in [0.5, 0.6) is 0 Å². The van der Waals surface area contributed by atoms with Crippen LogP contribution in [0.15, 0.2) is 12.1 Å². The maximum atomic E-state index is 5.79. The van der Waals surface area contributed by atoms with Crippen LogP contribution in [0.4, 0.5) is 11.5 Å². The van der Waals surface area contributed by atoms with Crippen LogP contribution in [-0.4, -0.2) is 18.1 Å². The molecule has 3 nitrogen and oxygen atoms in total. The van der Waals surface area contributed by atoms with Crippen LogP contribution in [0.1, 0.15) is 26.0 Å². The lowest BCUT2D eigenvalue weighted by Crippen LogP contribution is -2.39. The standard InChI is InChI=1S/C13H21N3/c1-9-6-10(2)8-16(7-9)13-5-4-12(14)11(3)15-13/h4-5,9-10H,6-8,14H2,1-3H3. The van der Waals surface area contributed by atoms with E-state index in [-0.39, 0.29) is 0 Å². The van der Waals surface area contributed by atoms with Gasteiger partial charge in [0.1, 0.15) is 5.82 Å². The summed E-state index contributed by atoms with van der Waals surface area (Å²) < 4.78 is 0. The van der Waals surface area contributed by atoms with E-state index < -0.39 is 0 Å². The smallest absolute Gasteiger partial charge is 0.128 e. The molecule has 3 heteroatoms. The highest BCUT2D eigenvalue weighted by atomic mass is 15.2. The molecule has 1 aliphatic heterocycles. The van der Waals surface area contributed by atoms with E-state index in [0.29, 0.717) is 0 Å². The minimum atomic E-state index is 0.753. The van der Waals surface area contributed by atoms with Crippen LogP contribution in [0.3, 0.4) is 0 Å². The SMILES string of the molecule is Cc1nc(N2CC(C)CC(C)C2)ccc1N. The molecule has 0 radical (unpaired) electrons. The highest BCUT2D eigenvalue weighted by molar-refractivity contribution is 5.50. The number of aryl methyl sites for hydroxylation is 1. The van der Waals surface area contributed by atoms with E-state index in [1.807, 2.05) is 19.1 Å². The molecule has 2 unspecified atom stereocenters. The molecule has 16 heavy (non-hydrogen) atoms. The predicted octanol–water partition coefficient (Wildman–Crippen LogP) is 2.45. The molecular weight excluding hydrogens is 198 g/mol. The first-order valence-electron chi connectivity index (χ1n) is 6.04. The zero-order chi connectivity index (χ0) is 11.7. The average molecular weight is 219 g/mol. The number of nitrogens with zero attached hydrogens (tertiary/aromatic N) is 2. The molecule has 0 amide bonds. The number of aromatic nitrogens is 1. The van der Waals surface area contributed by atoms with Gasteiger partial charge in [0.15, 0.2) is 0 Å². The Hall–Kier alpha value is -1.25. The fourth-order valence-corrected chi connectivity index (χ4v) is 2.58. The van der Waals surface area contributed by atoms with Crippen molar-refractivity contribution in [1.82, 2.24) is 4.98 Å². The molecule has 1 aromatic rings. The number of hydrogen-bond acceptors (Lipinski definition) is 3. The van der Waals surface area contributed by atoms with Gasteiger partial charge in [-0.2, -0.15) is 0 Å². The molecule has 88 valence electrons. The minimum Gasteiger partial charge on any atom is -0.397 e. The van der Waals surface area contributed by atoms with Crippen LogP contribution < -0.4 is 10.6 Å². The predicted molar refractivity (Wildman–Crippen MR) is 68.5 cm³/mol. The topological polar surface area (TPSA) is 42.2 Å². The van der Waals surface area contributed by atoms with Gasteiger partial charge >= 0.3 is 0 Å². The van der Waals surface area contributed by atoms with Crippen LogP contribution >= 0.6 is 0 Å². The fraction of sp³-hybridized carbons (Fsp3) is 0.615. The van der Waals surface area contributed by atoms with E-state index in [1.165, 1.54) is 6.42 Å². The first-order chi connectivity index (χ1) is 7.56. The van der Waals surface area contributed by atoms with Gasteiger partial charge in [0, 0.05) is 13.1 Å². The van der Waals surface area contributed by atoms with Gasteiger partial charge in [-0.05, 0) is 37.3 Å². The maximum Gasteiger partial charge on any atom is 0.128 e. The monoisotopic (exact) mass is 219 g/mol. The second-order valence-electron chi connectivity index (χ2n) is 5.20. The number of piperidine rings is 1. The normalized spacial score (nSPS) is 25.8. The van der Waals surface area contributed by atoms with E-state index in [1.54, 1.807) is 0 Å². The van der Waals surface area contributed by atoms with Crippen molar-refractivity contribution < 1.29 is 0 Å². The van der Waals surface area contributed by atoms with Gasteiger partial charge in [-0.15, -0.1) is 0 Å². The number of hydrogen-bond donors (Lipinski definition) is 1. The minimum absolute atomic E-state index is 0.753. The van der Waals surface area contributed by atoms with Gasteiger partial charge in [0.2, 0.25) is 0 Å².